The van der Waals surface area contributed by atoms with Crippen molar-refractivity contribution < 1.29 is 9.59 Å². The molecular weight excluding hydrogens is 343 g/mol. The van der Waals surface area contributed by atoms with E-state index in [1.807, 2.05) is 24.3 Å². The molecule has 0 aliphatic rings. The van der Waals surface area contributed by atoms with Crippen molar-refractivity contribution in [2.24, 2.45) is 0 Å². The van der Waals surface area contributed by atoms with E-state index in [1.165, 1.54) is 22.0 Å². The van der Waals surface area contributed by atoms with Gasteiger partial charge in [0, 0.05) is 36.9 Å². The number of para-hydroxylation sites is 1. The summed E-state index contributed by atoms with van der Waals surface area (Å²) in [6, 6.07) is 7.57. The average molecular weight is 358 g/mol. The fourth-order valence-corrected chi connectivity index (χ4v) is 2.00. The molecule has 0 unspecified atom stereocenters. The molecule has 2 amide bonds. The summed E-state index contributed by atoms with van der Waals surface area (Å²) in [5, 5.41) is 0. The Morgan fingerprint density at radius 3 is 2.17 bits per heavy atom. The molecule has 0 heterocycles. The van der Waals surface area contributed by atoms with Crippen LogP contribution < -0.4 is 4.90 Å². The number of rotatable bonds is 3. The van der Waals surface area contributed by atoms with E-state index >= 15 is 0 Å². The summed E-state index contributed by atoms with van der Waals surface area (Å²) in [7, 11) is 4.96. The largest absolute Gasteiger partial charge is 0.345 e. The zero-order valence-electron chi connectivity index (χ0n) is 10.6. The normalized spacial score (nSPS) is 10.4. The van der Waals surface area contributed by atoms with Gasteiger partial charge in [0.25, 0.3) is 5.91 Å². The van der Waals surface area contributed by atoms with E-state index < -0.39 is 0 Å². The van der Waals surface area contributed by atoms with Crippen LogP contribution in [0.5, 0.6) is 0 Å². The SMILES string of the molecule is CN(C)C(=O)/C=C/C(=O)N(C)c1ccccc1I. The molecule has 0 fully saturated rings. The minimum Gasteiger partial charge on any atom is -0.345 e. The zero-order chi connectivity index (χ0) is 13.7. The molecule has 96 valence electrons. The second kappa shape index (κ2) is 6.53. The summed E-state index contributed by atoms with van der Waals surface area (Å²) in [5.41, 5.74) is 0.824. The third-order valence-corrected chi connectivity index (χ3v) is 3.27. The molecule has 4 nitrogen and oxygen atoms in total. The zero-order valence-corrected chi connectivity index (χ0v) is 12.7. The van der Waals surface area contributed by atoms with E-state index in [4.69, 9.17) is 0 Å². The molecule has 1 aromatic rings. The molecule has 0 atom stereocenters. The van der Waals surface area contributed by atoms with Gasteiger partial charge < -0.3 is 9.80 Å². The first-order chi connectivity index (χ1) is 8.43. The van der Waals surface area contributed by atoms with Gasteiger partial charge in [-0.2, -0.15) is 0 Å². The number of carbonyl (C=O) groups excluding carboxylic acids is 2. The van der Waals surface area contributed by atoms with Gasteiger partial charge in [-0.3, -0.25) is 9.59 Å². The minimum absolute atomic E-state index is 0.209. The van der Waals surface area contributed by atoms with Crippen LogP contribution in [-0.4, -0.2) is 37.9 Å². The van der Waals surface area contributed by atoms with Gasteiger partial charge in [-0.25, -0.2) is 0 Å². The minimum atomic E-state index is -0.227. The Kier molecular flexibility index (Phi) is 5.33. The Labute approximate surface area is 120 Å². The third kappa shape index (κ3) is 3.83. The summed E-state index contributed by atoms with van der Waals surface area (Å²) in [6.45, 7) is 0. The Bertz CT molecular complexity index is 484. The van der Waals surface area contributed by atoms with E-state index in [1.54, 1.807) is 21.1 Å². The molecule has 18 heavy (non-hydrogen) atoms. The van der Waals surface area contributed by atoms with Crippen molar-refractivity contribution in [3.63, 3.8) is 0 Å². The van der Waals surface area contributed by atoms with Crippen molar-refractivity contribution >= 4 is 40.1 Å². The van der Waals surface area contributed by atoms with Crippen LogP contribution in [0.2, 0.25) is 0 Å². The van der Waals surface area contributed by atoms with E-state index in [-0.39, 0.29) is 11.8 Å². The van der Waals surface area contributed by atoms with Gasteiger partial charge >= 0.3 is 0 Å². The quantitative estimate of drug-likeness (QED) is 0.612. The predicted molar refractivity (Wildman–Crippen MR) is 80.4 cm³/mol. The van der Waals surface area contributed by atoms with Crippen molar-refractivity contribution in [1.29, 1.82) is 0 Å². The summed E-state index contributed by atoms with van der Waals surface area (Å²) >= 11 is 2.17. The van der Waals surface area contributed by atoms with E-state index in [0.29, 0.717) is 0 Å². The van der Waals surface area contributed by atoms with E-state index in [9.17, 15) is 9.59 Å². The molecule has 0 saturated carbocycles. The van der Waals surface area contributed by atoms with Crippen molar-refractivity contribution in [3.05, 3.63) is 40.0 Å². The lowest BCUT2D eigenvalue weighted by Gasteiger charge is -2.16. The molecule has 0 radical (unpaired) electrons. The highest BCUT2D eigenvalue weighted by molar-refractivity contribution is 14.1. The number of amides is 2. The third-order valence-electron chi connectivity index (χ3n) is 2.35. The number of benzene rings is 1. The van der Waals surface area contributed by atoms with Gasteiger partial charge in [0.1, 0.15) is 0 Å². The first kappa shape index (κ1) is 14.7. The topological polar surface area (TPSA) is 40.6 Å². The molecule has 0 saturated heterocycles. The number of hydrogen-bond donors (Lipinski definition) is 0. The van der Waals surface area contributed by atoms with Crippen LogP contribution in [0.15, 0.2) is 36.4 Å². The van der Waals surface area contributed by atoms with Crippen LogP contribution in [0.4, 0.5) is 5.69 Å². The molecule has 0 aromatic heterocycles. The van der Waals surface area contributed by atoms with Gasteiger partial charge in [-0.05, 0) is 34.7 Å². The standard InChI is InChI=1S/C13H15IN2O2/c1-15(2)12(17)8-9-13(18)16(3)11-7-5-4-6-10(11)14/h4-9H,1-3H3/b9-8+. The highest BCUT2D eigenvalue weighted by Crippen LogP contribution is 2.20. The van der Waals surface area contributed by atoms with Crippen LogP contribution in [0.25, 0.3) is 0 Å². The monoisotopic (exact) mass is 358 g/mol. The van der Waals surface area contributed by atoms with E-state index in [2.05, 4.69) is 22.6 Å². The Hall–Kier alpha value is -1.37. The molecule has 0 aliphatic heterocycles. The molecule has 5 heteroatoms. The smallest absolute Gasteiger partial charge is 0.250 e. The van der Waals surface area contributed by atoms with Gasteiger partial charge in [0.05, 0.1) is 5.69 Å². The molecule has 0 N–H and O–H groups in total. The van der Waals surface area contributed by atoms with Gasteiger partial charge in [0.2, 0.25) is 5.91 Å². The van der Waals surface area contributed by atoms with Crippen LogP contribution in [0, 0.1) is 3.57 Å². The highest BCUT2D eigenvalue weighted by atomic mass is 127. The van der Waals surface area contributed by atoms with Crippen molar-refractivity contribution in [2.75, 3.05) is 26.0 Å². The van der Waals surface area contributed by atoms with Crippen LogP contribution >= 0.6 is 22.6 Å². The first-order valence-corrected chi connectivity index (χ1v) is 6.43. The lowest BCUT2D eigenvalue weighted by atomic mass is 10.3. The summed E-state index contributed by atoms with van der Waals surface area (Å²) < 4.78 is 0.985. The van der Waals surface area contributed by atoms with Crippen LogP contribution in [0.1, 0.15) is 0 Å². The number of anilines is 1. The second-order valence-corrected chi connectivity index (χ2v) is 5.08. The van der Waals surface area contributed by atoms with Crippen LogP contribution in [-0.2, 0) is 9.59 Å². The molecule has 0 bridgehead atoms. The van der Waals surface area contributed by atoms with Crippen LogP contribution in [0.3, 0.4) is 0 Å². The fourth-order valence-electron chi connectivity index (χ4n) is 1.25. The predicted octanol–water partition coefficient (Wildman–Crippen LogP) is 1.90. The Morgan fingerprint density at radius 1 is 1.06 bits per heavy atom. The summed E-state index contributed by atoms with van der Waals surface area (Å²) in [5.74, 6) is -0.436. The second-order valence-electron chi connectivity index (χ2n) is 3.91. The van der Waals surface area contributed by atoms with Crippen molar-refractivity contribution in [2.45, 2.75) is 0 Å². The summed E-state index contributed by atoms with van der Waals surface area (Å²) in [4.78, 5) is 26.2. The Morgan fingerprint density at radius 2 is 1.61 bits per heavy atom. The molecule has 0 aliphatic carbocycles. The fraction of sp³-hybridized carbons (Fsp3) is 0.231. The van der Waals surface area contributed by atoms with Crippen molar-refractivity contribution in [3.8, 4) is 0 Å². The molecule has 1 aromatic carbocycles. The summed E-state index contributed by atoms with van der Waals surface area (Å²) in [6.07, 6.45) is 2.56. The van der Waals surface area contributed by atoms with Gasteiger partial charge in [-0.15, -0.1) is 0 Å². The number of hydrogen-bond acceptors (Lipinski definition) is 2. The van der Waals surface area contributed by atoms with Gasteiger partial charge in [0.15, 0.2) is 0 Å². The maximum atomic E-state index is 11.9. The molecule has 0 spiro atoms. The number of halogens is 1. The molecular formula is C13H15IN2O2. The molecule has 1 rings (SSSR count). The van der Waals surface area contributed by atoms with Gasteiger partial charge in [-0.1, -0.05) is 12.1 Å². The maximum Gasteiger partial charge on any atom is 0.250 e. The lowest BCUT2D eigenvalue weighted by molar-refractivity contribution is -0.124. The maximum absolute atomic E-state index is 11.9. The number of nitrogens with zero attached hydrogens (tertiary/aromatic N) is 2. The highest BCUT2D eigenvalue weighted by Gasteiger charge is 2.10. The number of carbonyl (C=O) groups is 2. The first-order valence-electron chi connectivity index (χ1n) is 5.35. The average Bonchev–Trinajstić information content (AvgIpc) is 2.35. The Balaban J connectivity index is 2.80. The lowest BCUT2D eigenvalue weighted by Crippen LogP contribution is -2.26. The number of likely N-dealkylation sites (N-methyl/N-ethyl adjacent to an activating group) is 2. The van der Waals surface area contributed by atoms with E-state index in [0.717, 1.165) is 9.26 Å². The van der Waals surface area contributed by atoms with Crippen molar-refractivity contribution in [1.82, 2.24) is 4.90 Å².